The number of carbonyl (C=O) groups is 1. The molecule has 1 fully saturated rings. The highest BCUT2D eigenvalue weighted by Gasteiger charge is 2.30. The van der Waals surface area contributed by atoms with Gasteiger partial charge in [-0.2, -0.15) is 0 Å². The molecule has 0 aromatic heterocycles. The Morgan fingerprint density at radius 3 is 2.52 bits per heavy atom. The van der Waals surface area contributed by atoms with Gasteiger partial charge >= 0.3 is 5.97 Å². The van der Waals surface area contributed by atoms with E-state index < -0.39 is 11.5 Å². The number of carboxylic acid groups (broad SMARTS) is 1. The van der Waals surface area contributed by atoms with Crippen molar-refractivity contribution in [2.24, 2.45) is 5.92 Å². The predicted molar refractivity (Wildman–Crippen MR) is 86.7 cm³/mol. The number of rotatable bonds is 9. The van der Waals surface area contributed by atoms with E-state index in [9.17, 15) is 9.90 Å². The third-order valence-electron chi connectivity index (χ3n) is 4.90. The maximum absolute atomic E-state index is 11.2. The van der Waals surface area contributed by atoms with E-state index in [4.69, 9.17) is 0 Å². The minimum absolute atomic E-state index is 0.681. The minimum atomic E-state index is -0.785. The molecular formula is C16H33N3O2. The van der Waals surface area contributed by atoms with Crippen LogP contribution in [0.2, 0.25) is 0 Å². The van der Waals surface area contributed by atoms with Gasteiger partial charge in [0.2, 0.25) is 0 Å². The van der Waals surface area contributed by atoms with Crippen molar-refractivity contribution in [2.75, 3.05) is 47.3 Å². The van der Waals surface area contributed by atoms with Gasteiger partial charge in [0, 0.05) is 6.54 Å². The first-order valence-corrected chi connectivity index (χ1v) is 8.17. The van der Waals surface area contributed by atoms with Gasteiger partial charge in [0.1, 0.15) is 5.54 Å². The zero-order valence-corrected chi connectivity index (χ0v) is 14.2. The maximum atomic E-state index is 11.2. The van der Waals surface area contributed by atoms with Gasteiger partial charge in [-0.15, -0.1) is 0 Å². The van der Waals surface area contributed by atoms with Gasteiger partial charge in [-0.25, -0.2) is 0 Å². The zero-order valence-electron chi connectivity index (χ0n) is 14.2. The molecule has 1 unspecified atom stereocenters. The van der Waals surface area contributed by atoms with Crippen LogP contribution in [0.1, 0.15) is 39.0 Å². The summed E-state index contributed by atoms with van der Waals surface area (Å²) in [6.07, 6.45) is 5.30. The molecule has 0 aliphatic carbocycles. The summed E-state index contributed by atoms with van der Waals surface area (Å²) >= 11 is 0. The van der Waals surface area contributed by atoms with E-state index in [0.717, 1.165) is 25.3 Å². The standard InChI is InChI=1S/C16H33N3O2/c1-16(17-2,15(20)21)9-5-6-10-19(4)13-14-7-11-18(3)12-8-14/h14,17H,5-13H2,1-4H3,(H,20,21). The lowest BCUT2D eigenvalue weighted by Gasteiger charge is -2.31. The van der Waals surface area contributed by atoms with Gasteiger partial charge in [-0.05, 0) is 85.7 Å². The minimum Gasteiger partial charge on any atom is -0.480 e. The Kier molecular flexibility index (Phi) is 7.63. The number of hydrogen-bond acceptors (Lipinski definition) is 4. The molecule has 0 radical (unpaired) electrons. The van der Waals surface area contributed by atoms with E-state index in [1.54, 1.807) is 14.0 Å². The molecule has 0 spiro atoms. The number of unbranched alkanes of at least 4 members (excludes halogenated alkanes) is 1. The lowest BCUT2D eigenvalue weighted by Crippen LogP contribution is -2.47. The molecule has 1 heterocycles. The first-order valence-electron chi connectivity index (χ1n) is 8.17. The number of hydrogen-bond donors (Lipinski definition) is 2. The fourth-order valence-electron chi connectivity index (χ4n) is 2.98. The second-order valence-corrected chi connectivity index (χ2v) is 6.85. The Balaban J connectivity index is 2.16. The van der Waals surface area contributed by atoms with Crippen LogP contribution >= 0.6 is 0 Å². The molecule has 5 heteroatoms. The summed E-state index contributed by atoms with van der Waals surface area (Å²) < 4.78 is 0. The van der Waals surface area contributed by atoms with Crippen molar-refractivity contribution in [2.45, 2.75) is 44.6 Å². The summed E-state index contributed by atoms with van der Waals surface area (Å²) in [7, 11) is 6.11. The van der Waals surface area contributed by atoms with Crippen LogP contribution in [0.25, 0.3) is 0 Å². The highest BCUT2D eigenvalue weighted by atomic mass is 16.4. The van der Waals surface area contributed by atoms with Crippen LogP contribution in [0, 0.1) is 5.92 Å². The summed E-state index contributed by atoms with van der Waals surface area (Å²) in [6.45, 7) is 6.44. The average molecular weight is 299 g/mol. The first kappa shape index (κ1) is 18.4. The van der Waals surface area contributed by atoms with Crippen LogP contribution in [0.3, 0.4) is 0 Å². The van der Waals surface area contributed by atoms with E-state index >= 15 is 0 Å². The average Bonchev–Trinajstić information content (AvgIpc) is 2.45. The molecule has 1 rings (SSSR count). The normalized spacial score (nSPS) is 20.6. The van der Waals surface area contributed by atoms with Crippen LogP contribution < -0.4 is 5.32 Å². The Morgan fingerprint density at radius 1 is 1.38 bits per heavy atom. The lowest BCUT2D eigenvalue weighted by molar-refractivity contribution is -0.144. The van der Waals surface area contributed by atoms with Crippen molar-refractivity contribution >= 4 is 5.97 Å². The van der Waals surface area contributed by atoms with E-state index in [0.29, 0.717) is 6.42 Å². The molecule has 0 saturated carbocycles. The second kappa shape index (κ2) is 8.71. The molecule has 0 amide bonds. The van der Waals surface area contributed by atoms with E-state index in [1.165, 1.54) is 32.5 Å². The number of nitrogens with one attached hydrogen (secondary N) is 1. The van der Waals surface area contributed by atoms with Crippen LogP contribution in [0.5, 0.6) is 0 Å². The Morgan fingerprint density at radius 2 is 2.00 bits per heavy atom. The third kappa shape index (κ3) is 6.32. The Bertz CT molecular complexity index is 317. The van der Waals surface area contributed by atoms with E-state index in [1.807, 2.05) is 0 Å². The van der Waals surface area contributed by atoms with E-state index in [2.05, 4.69) is 29.2 Å². The van der Waals surface area contributed by atoms with Crippen LogP contribution in [0.15, 0.2) is 0 Å². The highest BCUT2D eigenvalue weighted by Crippen LogP contribution is 2.18. The summed E-state index contributed by atoms with van der Waals surface area (Å²) in [5.41, 5.74) is -0.785. The molecule has 0 aromatic carbocycles. The van der Waals surface area contributed by atoms with Gasteiger partial charge < -0.3 is 20.2 Å². The number of piperidine rings is 1. The molecule has 1 atom stereocenters. The topological polar surface area (TPSA) is 55.8 Å². The zero-order chi connectivity index (χ0) is 15.9. The summed E-state index contributed by atoms with van der Waals surface area (Å²) in [4.78, 5) is 16.0. The molecule has 1 saturated heterocycles. The Hall–Kier alpha value is -0.650. The third-order valence-corrected chi connectivity index (χ3v) is 4.90. The molecule has 5 nitrogen and oxygen atoms in total. The quantitative estimate of drug-likeness (QED) is 0.632. The molecule has 1 aliphatic heterocycles. The van der Waals surface area contributed by atoms with E-state index in [-0.39, 0.29) is 0 Å². The van der Waals surface area contributed by atoms with Gasteiger partial charge in [0.15, 0.2) is 0 Å². The molecule has 21 heavy (non-hydrogen) atoms. The second-order valence-electron chi connectivity index (χ2n) is 6.85. The van der Waals surface area contributed by atoms with Gasteiger partial charge in [0.05, 0.1) is 0 Å². The molecular weight excluding hydrogens is 266 g/mol. The SMILES string of the molecule is CNC(C)(CCCCN(C)CC1CCN(C)CC1)C(=O)O. The fourth-order valence-corrected chi connectivity index (χ4v) is 2.98. The van der Waals surface area contributed by atoms with Gasteiger partial charge in [-0.3, -0.25) is 4.79 Å². The predicted octanol–water partition coefficient (Wildman–Crippen LogP) is 1.49. The lowest BCUT2D eigenvalue weighted by atomic mass is 9.94. The van der Waals surface area contributed by atoms with Crippen molar-refractivity contribution in [3.8, 4) is 0 Å². The molecule has 0 aromatic rings. The number of aliphatic carboxylic acids is 1. The van der Waals surface area contributed by atoms with Crippen LogP contribution in [-0.2, 0) is 4.79 Å². The largest absolute Gasteiger partial charge is 0.480 e. The molecule has 2 N–H and O–H groups in total. The van der Waals surface area contributed by atoms with Gasteiger partial charge in [-0.1, -0.05) is 0 Å². The number of likely N-dealkylation sites (tertiary alicyclic amines) is 1. The summed E-state index contributed by atoms with van der Waals surface area (Å²) in [5, 5.41) is 12.1. The van der Waals surface area contributed by atoms with Crippen molar-refractivity contribution in [1.29, 1.82) is 0 Å². The van der Waals surface area contributed by atoms with Gasteiger partial charge in [0.25, 0.3) is 0 Å². The summed E-state index contributed by atoms with van der Waals surface area (Å²) in [5.74, 6) is 0.0671. The number of nitrogens with zero attached hydrogens (tertiary/aromatic N) is 2. The number of likely N-dealkylation sites (N-methyl/N-ethyl adjacent to an activating group) is 1. The van der Waals surface area contributed by atoms with Crippen molar-refractivity contribution < 1.29 is 9.90 Å². The number of carboxylic acids is 1. The highest BCUT2D eigenvalue weighted by molar-refractivity contribution is 5.78. The molecule has 1 aliphatic rings. The van der Waals surface area contributed by atoms with Crippen molar-refractivity contribution in [1.82, 2.24) is 15.1 Å². The summed E-state index contributed by atoms with van der Waals surface area (Å²) in [6, 6.07) is 0. The fraction of sp³-hybridized carbons (Fsp3) is 0.938. The smallest absolute Gasteiger partial charge is 0.323 e. The monoisotopic (exact) mass is 299 g/mol. The van der Waals surface area contributed by atoms with Crippen molar-refractivity contribution in [3.63, 3.8) is 0 Å². The molecule has 0 bridgehead atoms. The van der Waals surface area contributed by atoms with Crippen LogP contribution in [-0.4, -0.2) is 73.7 Å². The molecule has 124 valence electrons. The first-order chi connectivity index (χ1) is 9.87. The Labute approximate surface area is 129 Å². The van der Waals surface area contributed by atoms with Crippen LogP contribution in [0.4, 0.5) is 0 Å². The van der Waals surface area contributed by atoms with Crippen molar-refractivity contribution in [3.05, 3.63) is 0 Å². The maximum Gasteiger partial charge on any atom is 0.323 e.